The maximum absolute atomic E-state index is 3.91. The van der Waals surface area contributed by atoms with E-state index >= 15 is 0 Å². The van der Waals surface area contributed by atoms with Crippen molar-refractivity contribution in [1.29, 1.82) is 0 Å². The highest BCUT2D eigenvalue weighted by atomic mass is 15.0. The smallest absolute Gasteiger partial charge is 0.0475 e. The third-order valence-corrected chi connectivity index (χ3v) is 4.67. The van der Waals surface area contributed by atoms with Gasteiger partial charge in [-0.2, -0.15) is 0 Å². The summed E-state index contributed by atoms with van der Waals surface area (Å²) in [5.41, 5.74) is 4.32. The Hall–Kier alpha value is -1.76. The van der Waals surface area contributed by atoms with E-state index in [2.05, 4.69) is 53.6 Å². The molecule has 1 aromatic carbocycles. The van der Waals surface area contributed by atoms with E-state index in [1.54, 1.807) is 0 Å². The van der Waals surface area contributed by atoms with Crippen LogP contribution in [0, 0.1) is 0 Å². The normalized spacial score (nSPS) is 16.0. The second-order valence-electron chi connectivity index (χ2n) is 6.15. The number of aromatic nitrogens is 1. The van der Waals surface area contributed by atoms with Gasteiger partial charge in [-0.3, -0.25) is 0 Å². The molecule has 1 aromatic heterocycles. The quantitative estimate of drug-likeness (QED) is 0.653. The van der Waals surface area contributed by atoms with Gasteiger partial charge in [-0.15, -0.1) is 6.58 Å². The van der Waals surface area contributed by atoms with Crippen LogP contribution in [0.3, 0.4) is 0 Å². The van der Waals surface area contributed by atoms with E-state index in [0.717, 1.165) is 18.9 Å². The Kier molecular flexibility index (Phi) is 4.59. The zero-order valence-corrected chi connectivity index (χ0v) is 12.8. The topological polar surface area (TPSA) is 4.93 Å². The average Bonchev–Trinajstić information content (AvgIpc) is 2.92. The van der Waals surface area contributed by atoms with Crippen molar-refractivity contribution in [2.24, 2.45) is 0 Å². The minimum absolute atomic E-state index is 0.751. The lowest BCUT2D eigenvalue weighted by atomic mass is 9.87. The van der Waals surface area contributed by atoms with Crippen LogP contribution < -0.4 is 0 Å². The average molecular weight is 279 g/mol. The summed E-state index contributed by atoms with van der Waals surface area (Å²) in [5.74, 6) is 0.751. The zero-order chi connectivity index (χ0) is 14.5. The van der Waals surface area contributed by atoms with Crippen molar-refractivity contribution in [2.45, 2.75) is 51.0 Å². The van der Waals surface area contributed by atoms with Gasteiger partial charge in [-0.05, 0) is 36.5 Å². The molecule has 0 bridgehead atoms. The maximum atomic E-state index is 3.91. The number of nitrogens with zero attached hydrogens (tertiary/aromatic N) is 1. The molecule has 1 saturated carbocycles. The van der Waals surface area contributed by atoms with Gasteiger partial charge in [-0.1, -0.05) is 55.7 Å². The van der Waals surface area contributed by atoms with Crippen LogP contribution in [-0.2, 0) is 13.0 Å². The summed E-state index contributed by atoms with van der Waals surface area (Å²) in [6.45, 7) is 4.90. The summed E-state index contributed by atoms with van der Waals surface area (Å²) < 4.78 is 2.53. The molecular weight excluding hydrogens is 254 g/mol. The molecule has 3 rings (SSSR count). The fourth-order valence-corrected chi connectivity index (χ4v) is 3.57. The predicted octanol–water partition coefficient (Wildman–Crippen LogP) is 5.31. The zero-order valence-electron chi connectivity index (χ0n) is 12.8. The first-order valence-corrected chi connectivity index (χ1v) is 8.21. The molecule has 0 saturated heterocycles. The van der Waals surface area contributed by atoms with Crippen LogP contribution in [0.15, 0.2) is 55.1 Å². The number of hydrogen-bond donors (Lipinski definition) is 0. The molecule has 1 heterocycles. The molecule has 0 N–H and O–H groups in total. The van der Waals surface area contributed by atoms with Crippen LogP contribution in [0.1, 0.15) is 55.0 Å². The predicted molar refractivity (Wildman–Crippen MR) is 89.7 cm³/mol. The summed E-state index contributed by atoms with van der Waals surface area (Å²) in [7, 11) is 0. The molecule has 110 valence electrons. The largest absolute Gasteiger partial charge is 0.344 e. The fourth-order valence-electron chi connectivity index (χ4n) is 3.57. The molecule has 1 heteroatoms. The second-order valence-corrected chi connectivity index (χ2v) is 6.15. The van der Waals surface area contributed by atoms with Crippen LogP contribution in [0.5, 0.6) is 0 Å². The van der Waals surface area contributed by atoms with E-state index in [-0.39, 0.29) is 0 Å². The molecule has 1 aliphatic carbocycles. The van der Waals surface area contributed by atoms with Crippen molar-refractivity contribution >= 4 is 0 Å². The molecule has 21 heavy (non-hydrogen) atoms. The molecule has 0 atom stereocenters. The summed E-state index contributed by atoms with van der Waals surface area (Å²) in [4.78, 5) is 0. The van der Waals surface area contributed by atoms with Crippen molar-refractivity contribution < 1.29 is 0 Å². The molecular formula is C20H25N. The van der Waals surface area contributed by atoms with Gasteiger partial charge in [0.25, 0.3) is 0 Å². The Morgan fingerprint density at radius 3 is 2.48 bits per heavy atom. The van der Waals surface area contributed by atoms with E-state index < -0.39 is 0 Å². The van der Waals surface area contributed by atoms with Gasteiger partial charge >= 0.3 is 0 Å². The van der Waals surface area contributed by atoms with Gasteiger partial charge in [0.05, 0.1) is 0 Å². The van der Waals surface area contributed by atoms with Gasteiger partial charge in [0, 0.05) is 24.4 Å². The Bertz CT molecular complexity index is 573. The lowest BCUT2D eigenvalue weighted by Gasteiger charge is -2.24. The van der Waals surface area contributed by atoms with E-state index in [1.807, 2.05) is 6.08 Å². The monoisotopic (exact) mass is 279 g/mol. The first kappa shape index (κ1) is 14.2. The number of allylic oxidation sites excluding steroid dienone is 1. The molecule has 1 nitrogen and oxygen atoms in total. The minimum atomic E-state index is 0.751. The molecule has 0 radical (unpaired) electrons. The summed E-state index contributed by atoms with van der Waals surface area (Å²) in [5, 5.41) is 0. The number of rotatable bonds is 5. The van der Waals surface area contributed by atoms with Crippen molar-refractivity contribution in [1.82, 2.24) is 4.57 Å². The molecule has 0 amide bonds. The van der Waals surface area contributed by atoms with E-state index in [1.165, 1.54) is 49.1 Å². The maximum Gasteiger partial charge on any atom is 0.0475 e. The van der Waals surface area contributed by atoms with Gasteiger partial charge in [0.15, 0.2) is 0 Å². The Labute approximate surface area is 128 Å². The van der Waals surface area contributed by atoms with Crippen LogP contribution in [0.25, 0.3) is 0 Å². The van der Waals surface area contributed by atoms with Crippen LogP contribution in [0.2, 0.25) is 0 Å². The van der Waals surface area contributed by atoms with E-state index in [9.17, 15) is 0 Å². The third kappa shape index (κ3) is 3.29. The highest BCUT2D eigenvalue weighted by Crippen LogP contribution is 2.34. The van der Waals surface area contributed by atoms with Crippen LogP contribution in [-0.4, -0.2) is 4.57 Å². The van der Waals surface area contributed by atoms with Gasteiger partial charge in [0.1, 0.15) is 0 Å². The Morgan fingerprint density at radius 2 is 1.76 bits per heavy atom. The second kappa shape index (κ2) is 6.80. The van der Waals surface area contributed by atoms with E-state index in [0.29, 0.717) is 0 Å². The number of hydrogen-bond acceptors (Lipinski definition) is 0. The summed E-state index contributed by atoms with van der Waals surface area (Å²) in [6.07, 6.45) is 9.87. The Balaban J connectivity index is 1.90. The van der Waals surface area contributed by atoms with Crippen LogP contribution >= 0.6 is 0 Å². The first-order chi connectivity index (χ1) is 10.4. The van der Waals surface area contributed by atoms with Crippen molar-refractivity contribution in [3.05, 3.63) is 72.1 Å². The molecule has 1 fully saturated rings. The molecule has 1 aliphatic rings. The van der Waals surface area contributed by atoms with Gasteiger partial charge in [-0.25, -0.2) is 0 Å². The molecule has 0 spiro atoms. The highest BCUT2D eigenvalue weighted by Gasteiger charge is 2.20. The standard InChI is InChI=1S/C20H25N/c1-2-9-19-14-15-20(18-12-7-4-8-13-18)21(19)16-17-10-5-3-6-11-17/h2-3,5-6,10-11,14-15,18H,1,4,7-9,12-13,16H2. The SMILES string of the molecule is C=CCc1ccc(C2CCCCC2)n1Cc1ccccc1. The summed E-state index contributed by atoms with van der Waals surface area (Å²) >= 11 is 0. The van der Waals surface area contributed by atoms with Crippen molar-refractivity contribution in [3.8, 4) is 0 Å². The highest BCUT2D eigenvalue weighted by molar-refractivity contribution is 5.25. The Morgan fingerprint density at radius 1 is 1.00 bits per heavy atom. The van der Waals surface area contributed by atoms with Crippen molar-refractivity contribution in [2.75, 3.05) is 0 Å². The fraction of sp³-hybridized carbons (Fsp3) is 0.400. The summed E-state index contributed by atoms with van der Waals surface area (Å²) in [6, 6.07) is 15.5. The van der Waals surface area contributed by atoms with Crippen LogP contribution in [0.4, 0.5) is 0 Å². The number of benzene rings is 1. The third-order valence-electron chi connectivity index (χ3n) is 4.67. The lowest BCUT2D eigenvalue weighted by molar-refractivity contribution is 0.425. The van der Waals surface area contributed by atoms with Gasteiger partial charge < -0.3 is 4.57 Å². The van der Waals surface area contributed by atoms with Crippen molar-refractivity contribution in [3.63, 3.8) is 0 Å². The molecule has 0 unspecified atom stereocenters. The lowest BCUT2D eigenvalue weighted by Crippen LogP contribution is -2.13. The molecule has 0 aliphatic heterocycles. The minimum Gasteiger partial charge on any atom is -0.344 e. The molecule has 2 aromatic rings. The van der Waals surface area contributed by atoms with E-state index in [4.69, 9.17) is 0 Å². The van der Waals surface area contributed by atoms with Gasteiger partial charge in [0.2, 0.25) is 0 Å². The first-order valence-electron chi connectivity index (χ1n) is 8.21.